The molecule has 1 aromatic carbocycles. The van der Waals surface area contributed by atoms with E-state index in [0.29, 0.717) is 17.9 Å². The predicted octanol–water partition coefficient (Wildman–Crippen LogP) is 5.91. The van der Waals surface area contributed by atoms with Crippen molar-refractivity contribution >= 4 is 5.78 Å². The highest BCUT2D eigenvalue weighted by Crippen LogP contribution is 2.26. The van der Waals surface area contributed by atoms with Gasteiger partial charge in [0.25, 0.3) is 0 Å². The predicted molar refractivity (Wildman–Crippen MR) is 93.4 cm³/mol. The molecule has 0 aliphatic heterocycles. The van der Waals surface area contributed by atoms with Crippen molar-refractivity contribution in [3.63, 3.8) is 0 Å². The monoisotopic (exact) mass is 302 g/mol. The third-order valence-electron chi connectivity index (χ3n) is 4.25. The van der Waals surface area contributed by atoms with Crippen molar-refractivity contribution in [1.29, 1.82) is 0 Å². The van der Waals surface area contributed by atoms with Crippen molar-refractivity contribution in [3.8, 4) is 5.75 Å². The smallest absolute Gasteiger partial charge is 0.163 e. The molecule has 122 valence electrons. The summed E-state index contributed by atoms with van der Waals surface area (Å²) in [5, 5.41) is 9.27. The molecule has 0 aliphatic carbocycles. The van der Waals surface area contributed by atoms with Crippen molar-refractivity contribution in [3.05, 3.63) is 42.0 Å². The Morgan fingerprint density at radius 3 is 2.09 bits per heavy atom. The molecule has 0 spiro atoms. The van der Waals surface area contributed by atoms with Gasteiger partial charge in [0, 0.05) is 12.0 Å². The highest BCUT2D eigenvalue weighted by Gasteiger charge is 2.14. The maximum Gasteiger partial charge on any atom is 0.163 e. The van der Waals surface area contributed by atoms with E-state index in [-0.39, 0.29) is 11.5 Å². The molecule has 1 rings (SSSR count). The molecule has 0 amide bonds. The second-order valence-electron chi connectivity index (χ2n) is 6.11. The minimum Gasteiger partial charge on any atom is -0.508 e. The number of unbranched alkanes of at least 4 members (excludes halogenated alkanes) is 2. The summed E-state index contributed by atoms with van der Waals surface area (Å²) in [4.78, 5) is 12.2. The highest BCUT2D eigenvalue weighted by atomic mass is 16.3. The van der Waals surface area contributed by atoms with Crippen molar-refractivity contribution in [2.24, 2.45) is 5.92 Å². The van der Waals surface area contributed by atoms with E-state index in [4.69, 9.17) is 0 Å². The third kappa shape index (κ3) is 6.46. The molecule has 0 atom stereocenters. The van der Waals surface area contributed by atoms with Crippen LogP contribution in [0.1, 0.15) is 75.6 Å². The van der Waals surface area contributed by atoms with Crippen molar-refractivity contribution in [2.75, 3.05) is 0 Å². The molecule has 0 radical (unpaired) electrons. The van der Waals surface area contributed by atoms with Gasteiger partial charge >= 0.3 is 0 Å². The summed E-state index contributed by atoms with van der Waals surface area (Å²) in [6, 6.07) is 6.50. The number of phenols is 1. The van der Waals surface area contributed by atoms with Gasteiger partial charge in [-0.25, -0.2) is 0 Å². The molecule has 0 unspecified atom stereocenters. The van der Waals surface area contributed by atoms with E-state index in [0.717, 1.165) is 6.42 Å². The van der Waals surface area contributed by atoms with Crippen LogP contribution in [0.5, 0.6) is 5.75 Å². The SMILES string of the molecule is C=C(CCC(=O)c1ccc(O)cc1)C(CCCC)CCCC. The summed E-state index contributed by atoms with van der Waals surface area (Å²) in [6.45, 7) is 8.68. The van der Waals surface area contributed by atoms with Crippen LogP contribution in [0, 0.1) is 5.92 Å². The van der Waals surface area contributed by atoms with E-state index in [2.05, 4.69) is 20.4 Å². The van der Waals surface area contributed by atoms with Crippen LogP contribution in [0.15, 0.2) is 36.4 Å². The molecule has 1 N–H and O–H groups in total. The summed E-state index contributed by atoms with van der Waals surface area (Å²) in [7, 11) is 0. The maximum absolute atomic E-state index is 12.2. The van der Waals surface area contributed by atoms with E-state index in [1.54, 1.807) is 24.3 Å². The van der Waals surface area contributed by atoms with Crippen LogP contribution in [0.4, 0.5) is 0 Å². The Morgan fingerprint density at radius 2 is 1.59 bits per heavy atom. The number of aromatic hydroxyl groups is 1. The zero-order valence-electron chi connectivity index (χ0n) is 14.1. The highest BCUT2D eigenvalue weighted by molar-refractivity contribution is 5.96. The molecule has 1 aromatic rings. The molecule has 0 bridgehead atoms. The van der Waals surface area contributed by atoms with E-state index >= 15 is 0 Å². The number of carbonyl (C=O) groups is 1. The molecule has 0 saturated carbocycles. The van der Waals surface area contributed by atoms with Crippen LogP contribution < -0.4 is 0 Å². The van der Waals surface area contributed by atoms with Gasteiger partial charge < -0.3 is 5.11 Å². The Hall–Kier alpha value is -1.57. The first-order valence-electron chi connectivity index (χ1n) is 8.58. The van der Waals surface area contributed by atoms with Crippen LogP contribution >= 0.6 is 0 Å². The normalized spacial score (nSPS) is 10.9. The van der Waals surface area contributed by atoms with Gasteiger partial charge in [0.05, 0.1) is 0 Å². The summed E-state index contributed by atoms with van der Waals surface area (Å²) in [6.07, 6.45) is 8.57. The number of ketones is 1. The fraction of sp³-hybridized carbons (Fsp3) is 0.550. The number of hydrogen-bond donors (Lipinski definition) is 1. The van der Waals surface area contributed by atoms with Crippen LogP contribution in [0.2, 0.25) is 0 Å². The lowest BCUT2D eigenvalue weighted by Gasteiger charge is -2.19. The lowest BCUT2D eigenvalue weighted by molar-refractivity contribution is 0.0982. The molecule has 2 heteroatoms. The number of hydrogen-bond acceptors (Lipinski definition) is 2. The Morgan fingerprint density at radius 1 is 1.05 bits per heavy atom. The molecular formula is C20H30O2. The lowest BCUT2D eigenvalue weighted by atomic mass is 9.86. The van der Waals surface area contributed by atoms with Gasteiger partial charge in [-0.05, 0) is 49.4 Å². The Balaban J connectivity index is 2.50. The molecule has 0 aliphatic rings. The van der Waals surface area contributed by atoms with Crippen molar-refractivity contribution in [2.45, 2.75) is 65.2 Å². The lowest BCUT2D eigenvalue weighted by Crippen LogP contribution is -2.07. The quantitative estimate of drug-likeness (QED) is 0.407. The fourth-order valence-corrected chi connectivity index (χ4v) is 2.72. The molecule has 0 fully saturated rings. The minimum absolute atomic E-state index is 0.130. The third-order valence-corrected chi connectivity index (χ3v) is 4.25. The van der Waals surface area contributed by atoms with Crippen LogP contribution in [-0.4, -0.2) is 10.9 Å². The molecular weight excluding hydrogens is 272 g/mol. The molecule has 0 aromatic heterocycles. The number of phenolic OH excluding ortho intramolecular Hbond substituents is 1. The van der Waals surface area contributed by atoms with Crippen molar-refractivity contribution < 1.29 is 9.90 Å². The van der Waals surface area contributed by atoms with Crippen LogP contribution in [-0.2, 0) is 0 Å². The Labute approximate surface area is 135 Å². The number of allylic oxidation sites excluding steroid dienone is 1. The van der Waals surface area contributed by atoms with Gasteiger partial charge in [-0.1, -0.05) is 51.7 Å². The molecule has 22 heavy (non-hydrogen) atoms. The first-order chi connectivity index (χ1) is 10.6. The average Bonchev–Trinajstić information content (AvgIpc) is 2.53. The zero-order chi connectivity index (χ0) is 16.4. The first-order valence-corrected chi connectivity index (χ1v) is 8.58. The maximum atomic E-state index is 12.2. The summed E-state index contributed by atoms with van der Waals surface area (Å²) in [5.41, 5.74) is 1.90. The number of carbonyl (C=O) groups excluding carboxylic acids is 1. The summed E-state index contributed by atoms with van der Waals surface area (Å²) < 4.78 is 0. The zero-order valence-corrected chi connectivity index (χ0v) is 14.1. The Bertz CT molecular complexity index is 451. The standard InChI is InChI=1S/C20H30O2/c1-4-6-8-17(9-7-5-2)16(3)10-15-20(22)18-11-13-19(21)14-12-18/h11-14,17,21H,3-10,15H2,1-2H3. The summed E-state index contributed by atoms with van der Waals surface area (Å²) in [5.74, 6) is 0.888. The minimum atomic E-state index is 0.130. The summed E-state index contributed by atoms with van der Waals surface area (Å²) >= 11 is 0. The van der Waals surface area contributed by atoms with Crippen LogP contribution in [0.25, 0.3) is 0 Å². The fourth-order valence-electron chi connectivity index (χ4n) is 2.72. The van der Waals surface area contributed by atoms with Crippen molar-refractivity contribution in [1.82, 2.24) is 0 Å². The largest absolute Gasteiger partial charge is 0.508 e. The van der Waals surface area contributed by atoms with Gasteiger partial charge in [-0.2, -0.15) is 0 Å². The Kier molecular flexibility index (Phi) is 8.57. The number of benzene rings is 1. The molecule has 2 nitrogen and oxygen atoms in total. The number of rotatable bonds is 11. The molecule has 0 saturated heterocycles. The van der Waals surface area contributed by atoms with Gasteiger partial charge in [-0.3, -0.25) is 4.79 Å². The van der Waals surface area contributed by atoms with Gasteiger partial charge in [0.15, 0.2) is 5.78 Å². The topological polar surface area (TPSA) is 37.3 Å². The van der Waals surface area contributed by atoms with Crippen LogP contribution in [0.3, 0.4) is 0 Å². The second-order valence-corrected chi connectivity index (χ2v) is 6.11. The van der Waals surface area contributed by atoms with E-state index < -0.39 is 0 Å². The first kappa shape index (κ1) is 18.5. The van der Waals surface area contributed by atoms with Gasteiger partial charge in [-0.15, -0.1) is 0 Å². The van der Waals surface area contributed by atoms with Gasteiger partial charge in [0.1, 0.15) is 5.75 Å². The van der Waals surface area contributed by atoms with Gasteiger partial charge in [0.2, 0.25) is 0 Å². The number of Topliss-reactive ketones (excluding diaryl/α,β-unsaturated/α-hetero) is 1. The van der Waals surface area contributed by atoms with E-state index in [1.807, 2.05) is 0 Å². The average molecular weight is 302 g/mol. The van der Waals surface area contributed by atoms with E-state index in [1.165, 1.54) is 44.1 Å². The van der Waals surface area contributed by atoms with E-state index in [9.17, 15) is 9.90 Å². The second kappa shape index (κ2) is 10.2. The molecule has 0 heterocycles.